The Morgan fingerprint density at radius 2 is 1.64 bits per heavy atom. The maximum absolute atomic E-state index is 13.5. The highest BCUT2D eigenvalue weighted by Crippen LogP contribution is 2.25. The van der Waals surface area contributed by atoms with E-state index in [0.717, 1.165) is 39.2 Å². The highest BCUT2D eigenvalue weighted by Gasteiger charge is 2.30. The first kappa shape index (κ1) is 26.4. The van der Waals surface area contributed by atoms with E-state index in [0.29, 0.717) is 12.2 Å². The summed E-state index contributed by atoms with van der Waals surface area (Å²) in [5.41, 5.74) is 4.07. The maximum Gasteiger partial charge on any atom is 0.244 e. The van der Waals surface area contributed by atoms with Crippen LogP contribution >= 0.6 is 0 Å². The third-order valence-electron chi connectivity index (χ3n) is 5.84. The highest BCUT2D eigenvalue weighted by atomic mass is 32.2. The van der Waals surface area contributed by atoms with Crippen LogP contribution in [0.25, 0.3) is 0 Å². The van der Waals surface area contributed by atoms with Gasteiger partial charge in [-0.15, -0.1) is 0 Å². The lowest BCUT2D eigenvalue weighted by Crippen LogP contribution is -2.51. The van der Waals surface area contributed by atoms with E-state index >= 15 is 0 Å². The van der Waals surface area contributed by atoms with Gasteiger partial charge in [0, 0.05) is 13.1 Å². The van der Waals surface area contributed by atoms with Crippen LogP contribution in [-0.4, -0.2) is 50.5 Å². The summed E-state index contributed by atoms with van der Waals surface area (Å²) in [4.78, 5) is 27.7. The van der Waals surface area contributed by atoms with Crippen molar-refractivity contribution in [3.05, 3.63) is 64.7 Å². The molecule has 1 N–H and O–H groups in total. The molecule has 0 spiro atoms. The summed E-state index contributed by atoms with van der Waals surface area (Å²) in [7, 11) is -3.74. The summed E-state index contributed by atoms with van der Waals surface area (Å²) in [6.07, 6.45) is 1.86. The van der Waals surface area contributed by atoms with E-state index < -0.39 is 22.0 Å². The molecule has 0 radical (unpaired) electrons. The van der Waals surface area contributed by atoms with E-state index in [4.69, 9.17) is 0 Å². The van der Waals surface area contributed by atoms with Crippen molar-refractivity contribution < 1.29 is 18.0 Å². The van der Waals surface area contributed by atoms with Gasteiger partial charge in [-0.3, -0.25) is 13.9 Å². The van der Waals surface area contributed by atoms with Crippen LogP contribution in [0.5, 0.6) is 0 Å². The Bertz CT molecular complexity index is 1100. The molecule has 1 atom stereocenters. The van der Waals surface area contributed by atoms with E-state index in [1.54, 1.807) is 19.1 Å². The van der Waals surface area contributed by atoms with Crippen LogP contribution in [0.3, 0.4) is 0 Å². The van der Waals surface area contributed by atoms with E-state index in [-0.39, 0.29) is 19.0 Å². The summed E-state index contributed by atoms with van der Waals surface area (Å²) in [5.74, 6) is -0.708. The zero-order valence-electron chi connectivity index (χ0n) is 20.4. The van der Waals surface area contributed by atoms with Crippen LogP contribution in [-0.2, 0) is 26.2 Å². The summed E-state index contributed by atoms with van der Waals surface area (Å²) < 4.78 is 26.5. The number of carbonyl (C=O) groups excluding carboxylic acids is 2. The van der Waals surface area contributed by atoms with Crippen LogP contribution < -0.4 is 9.62 Å². The van der Waals surface area contributed by atoms with Gasteiger partial charge in [0.1, 0.15) is 12.6 Å². The largest absolute Gasteiger partial charge is 0.354 e. The molecule has 0 heterocycles. The molecular formula is C25H35N3O4S. The van der Waals surface area contributed by atoms with Crippen molar-refractivity contribution in [3.63, 3.8) is 0 Å². The summed E-state index contributed by atoms with van der Waals surface area (Å²) in [6.45, 7) is 9.62. The van der Waals surface area contributed by atoms with Crippen molar-refractivity contribution in [3.8, 4) is 0 Å². The molecule has 180 valence electrons. The van der Waals surface area contributed by atoms with Crippen molar-refractivity contribution in [2.45, 2.75) is 53.6 Å². The Hall–Kier alpha value is -2.87. The van der Waals surface area contributed by atoms with Gasteiger partial charge in [0.15, 0.2) is 0 Å². The van der Waals surface area contributed by atoms with E-state index in [2.05, 4.69) is 5.32 Å². The van der Waals surface area contributed by atoms with Crippen LogP contribution in [0.15, 0.2) is 42.5 Å². The molecule has 0 fully saturated rings. The lowest BCUT2D eigenvalue weighted by molar-refractivity contribution is -0.139. The molecular weight excluding hydrogens is 438 g/mol. The summed E-state index contributed by atoms with van der Waals surface area (Å²) >= 11 is 0. The molecule has 0 aliphatic rings. The molecule has 0 aliphatic carbocycles. The average Bonchev–Trinajstić information content (AvgIpc) is 2.76. The minimum atomic E-state index is -3.74. The molecule has 33 heavy (non-hydrogen) atoms. The number of anilines is 1. The normalized spacial score (nSPS) is 12.2. The summed E-state index contributed by atoms with van der Waals surface area (Å²) in [6, 6.07) is 12.2. The second-order valence-electron chi connectivity index (χ2n) is 8.40. The zero-order valence-corrected chi connectivity index (χ0v) is 21.2. The van der Waals surface area contributed by atoms with E-state index in [1.807, 2.05) is 58.0 Å². The van der Waals surface area contributed by atoms with Gasteiger partial charge in [-0.25, -0.2) is 8.42 Å². The highest BCUT2D eigenvalue weighted by molar-refractivity contribution is 7.92. The van der Waals surface area contributed by atoms with E-state index in [1.165, 1.54) is 4.90 Å². The molecule has 7 nitrogen and oxygen atoms in total. The molecule has 0 aliphatic heterocycles. The first-order valence-electron chi connectivity index (χ1n) is 11.1. The van der Waals surface area contributed by atoms with Crippen LogP contribution in [0.4, 0.5) is 5.69 Å². The number of carbonyl (C=O) groups is 2. The van der Waals surface area contributed by atoms with Crippen LogP contribution in [0.2, 0.25) is 0 Å². The molecule has 0 unspecified atom stereocenters. The lowest BCUT2D eigenvalue weighted by Gasteiger charge is -2.32. The van der Waals surface area contributed by atoms with Crippen molar-refractivity contribution in [1.29, 1.82) is 0 Å². The third-order valence-corrected chi connectivity index (χ3v) is 6.97. The number of rotatable bonds is 10. The topological polar surface area (TPSA) is 86.8 Å². The molecule has 0 saturated carbocycles. The van der Waals surface area contributed by atoms with Gasteiger partial charge in [-0.2, -0.15) is 0 Å². The van der Waals surface area contributed by atoms with Crippen molar-refractivity contribution in [2.75, 3.05) is 23.7 Å². The Labute approximate surface area is 197 Å². The Morgan fingerprint density at radius 3 is 2.24 bits per heavy atom. The Morgan fingerprint density at radius 1 is 1.00 bits per heavy atom. The predicted octanol–water partition coefficient (Wildman–Crippen LogP) is 3.32. The molecule has 0 saturated heterocycles. The fourth-order valence-corrected chi connectivity index (χ4v) is 4.45. The van der Waals surface area contributed by atoms with Crippen LogP contribution in [0, 0.1) is 20.8 Å². The van der Waals surface area contributed by atoms with Gasteiger partial charge in [0.25, 0.3) is 0 Å². The molecule has 2 aromatic carbocycles. The van der Waals surface area contributed by atoms with Crippen molar-refractivity contribution in [1.82, 2.24) is 10.2 Å². The van der Waals surface area contributed by atoms with Crippen molar-refractivity contribution in [2.24, 2.45) is 0 Å². The molecule has 2 aromatic rings. The number of hydrogen-bond donors (Lipinski definition) is 1. The minimum Gasteiger partial charge on any atom is -0.354 e. The third kappa shape index (κ3) is 6.81. The number of hydrogen-bond acceptors (Lipinski definition) is 4. The molecule has 0 bridgehead atoms. The van der Waals surface area contributed by atoms with Crippen LogP contribution in [0.1, 0.15) is 42.5 Å². The van der Waals surface area contributed by atoms with Gasteiger partial charge in [0.05, 0.1) is 11.9 Å². The van der Waals surface area contributed by atoms with Gasteiger partial charge < -0.3 is 10.2 Å². The second-order valence-corrected chi connectivity index (χ2v) is 10.3. The smallest absolute Gasteiger partial charge is 0.244 e. The van der Waals surface area contributed by atoms with E-state index in [9.17, 15) is 18.0 Å². The van der Waals surface area contributed by atoms with Crippen molar-refractivity contribution >= 4 is 27.5 Å². The number of nitrogens with one attached hydrogen (secondary N) is 1. The maximum atomic E-state index is 13.5. The fourth-order valence-electron chi connectivity index (χ4n) is 3.55. The zero-order chi connectivity index (χ0) is 24.8. The first-order valence-corrected chi connectivity index (χ1v) is 13.0. The fraction of sp³-hybridized carbons (Fsp3) is 0.440. The average molecular weight is 474 g/mol. The molecule has 2 rings (SSSR count). The first-order chi connectivity index (χ1) is 15.5. The SMILES string of the molecule is CCCNC(=O)[C@H](C)N(Cc1ccccc1C)C(=O)CN(c1cccc(C)c1C)S(C)(=O)=O. The number of aryl methyl sites for hydroxylation is 2. The lowest BCUT2D eigenvalue weighted by atomic mass is 10.1. The van der Waals surface area contributed by atoms with Gasteiger partial charge in [-0.1, -0.05) is 43.3 Å². The quantitative estimate of drug-likeness (QED) is 0.574. The summed E-state index contributed by atoms with van der Waals surface area (Å²) in [5, 5.41) is 2.83. The standard InChI is InChI=1S/C25H35N3O4S/c1-7-15-26-25(30)21(5)27(16-22-13-9-8-11-19(22)3)24(29)17-28(33(6,31)32)23-14-10-12-18(2)20(23)4/h8-14,21H,7,15-17H2,1-6H3,(H,26,30)/t21-/m0/s1. The number of amides is 2. The number of sulfonamides is 1. The Balaban J connectivity index is 2.43. The number of nitrogens with zero attached hydrogens (tertiary/aromatic N) is 2. The predicted molar refractivity (Wildman–Crippen MR) is 133 cm³/mol. The monoisotopic (exact) mass is 473 g/mol. The Kier molecular flexibility index (Phi) is 9.05. The van der Waals surface area contributed by atoms with Gasteiger partial charge in [0.2, 0.25) is 21.8 Å². The van der Waals surface area contributed by atoms with Gasteiger partial charge >= 0.3 is 0 Å². The second kappa shape index (κ2) is 11.3. The molecule has 8 heteroatoms. The minimum absolute atomic E-state index is 0.205. The van der Waals surface area contributed by atoms with Gasteiger partial charge in [-0.05, 0) is 62.4 Å². The number of benzene rings is 2. The molecule has 2 amide bonds. The molecule has 0 aromatic heterocycles.